The van der Waals surface area contributed by atoms with E-state index in [-0.39, 0.29) is 5.91 Å². The van der Waals surface area contributed by atoms with Gasteiger partial charge in [-0.25, -0.2) is 0 Å². The highest BCUT2D eigenvalue weighted by Crippen LogP contribution is 2.30. The molecule has 1 amide bonds. The lowest BCUT2D eigenvalue weighted by Gasteiger charge is -2.34. The second-order valence-electron chi connectivity index (χ2n) is 7.65. The summed E-state index contributed by atoms with van der Waals surface area (Å²) in [5, 5.41) is 1.04. The summed E-state index contributed by atoms with van der Waals surface area (Å²) in [5.74, 6) is 0.501. The molecule has 28 heavy (non-hydrogen) atoms. The molecule has 5 heteroatoms. The first-order valence-corrected chi connectivity index (χ1v) is 9.95. The largest absolute Gasteiger partial charge is 0.450 e. The van der Waals surface area contributed by atoms with Gasteiger partial charge < -0.3 is 9.32 Å². The number of amides is 1. The fourth-order valence-corrected chi connectivity index (χ4v) is 3.86. The number of aryl methyl sites for hydroxylation is 3. The van der Waals surface area contributed by atoms with E-state index in [1.807, 2.05) is 30.2 Å². The van der Waals surface area contributed by atoms with Gasteiger partial charge in [-0.15, -0.1) is 0 Å². The van der Waals surface area contributed by atoms with Gasteiger partial charge >= 0.3 is 0 Å². The molecule has 0 radical (unpaired) electrons. The van der Waals surface area contributed by atoms with Crippen molar-refractivity contribution in [3.63, 3.8) is 0 Å². The standard InChI is InChI=1S/C23H27N3O2/c1-16-7-8-20-18(3)22(28-21(20)17(16)2)23(27)26-14-12-25(13-15-26)11-9-19-6-4-5-10-24-19/h4-8,10H,9,11-15H2,1-3H3. The number of pyridine rings is 1. The summed E-state index contributed by atoms with van der Waals surface area (Å²) in [6.45, 7) is 10.3. The van der Waals surface area contributed by atoms with Gasteiger partial charge in [-0.1, -0.05) is 18.2 Å². The Kier molecular flexibility index (Phi) is 5.18. The fraction of sp³-hybridized carbons (Fsp3) is 0.391. The number of carbonyl (C=O) groups is 1. The molecular weight excluding hydrogens is 350 g/mol. The minimum Gasteiger partial charge on any atom is -0.450 e. The molecule has 0 saturated carbocycles. The molecule has 4 rings (SSSR count). The smallest absolute Gasteiger partial charge is 0.289 e. The highest BCUT2D eigenvalue weighted by molar-refractivity contribution is 5.99. The molecule has 0 N–H and O–H groups in total. The summed E-state index contributed by atoms with van der Waals surface area (Å²) in [4.78, 5) is 21.8. The van der Waals surface area contributed by atoms with Crippen LogP contribution in [-0.2, 0) is 6.42 Å². The average Bonchev–Trinajstić information content (AvgIpc) is 3.07. The fourth-order valence-electron chi connectivity index (χ4n) is 3.86. The van der Waals surface area contributed by atoms with E-state index in [0.717, 1.165) is 66.9 Å². The number of hydrogen-bond acceptors (Lipinski definition) is 4. The second-order valence-corrected chi connectivity index (χ2v) is 7.65. The van der Waals surface area contributed by atoms with Crippen molar-refractivity contribution in [2.75, 3.05) is 32.7 Å². The number of furan rings is 1. The number of nitrogens with zero attached hydrogens (tertiary/aromatic N) is 3. The summed E-state index contributed by atoms with van der Waals surface area (Å²) < 4.78 is 6.04. The lowest BCUT2D eigenvalue weighted by molar-refractivity contribution is 0.0608. The summed E-state index contributed by atoms with van der Waals surface area (Å²) >= 11 is 0. The SMILES string of the molecule is Cc1ccc2c(C)c(C(=O)N3CCN(CCc4ccccn4)CC3)oc2c1C. The van der Waals surface area contributed by atoms with Crippen LogP contribution < -0.4 is 0 Å². The predicted molar refractivity (Wildman–Crippen MR) is 111 cm³/mol. The average molecular weight is 377 g/mol. The van der Waals surface area contributed by atoms with Gasteiger partial charge in [0.25, 0.3) is 5.91 Å². The first kappa shape index (κ1) is 18.7. The first-order valence-electron chi connectivity index (χ1n) is 9.95. The third-order valence-electron chi connectivity index (χ3n) is 5.89. The summed E-state index contributed by atoms with van der Waals surface area (Å²) in [6.07, 6.45) is 2.78. The van der Waals surface area contributed by atoms with E-state index in [4.69, 9.17) is 4.42 Å². The van der Waals surface area contributed by atoms with Crippen LogP contribution >= 0.6 is 0 Å². The Hall–Kier alpha value is -2.66. The molecule has 1 fully saturated rings. The molecule has 1 aliphatic heterocycles. The second kappa shape index (κ2) is 7.76. The number of aromatic nitrogens is 1. The normalized spacial score (nSPS) is 15.3. The molecule has 1 aromatic carbocycles. The lowest BCUT2D eigenvalue weighted by Crippen LogP contribution is -2.49. The van der Waals surface area contributed by atoms with Gasteiger partial charge in [0.15, 0.2) is 5.76 Å². The van der Waals surface area contributed by atoms with Crippen LogP contribution in [0.15, 0.2) is 40.9 Å². The van der Waals surface area contributed by atoms with Gasteiger partial charge in [-0.3, -0.25) is 14.7 Å². The van der Waals surface area contributed by atoms with Gasteiger partial charge in [0.1, 0.15) is 5.58 Å². The van der Waals surface area contributed by atoms with Crippen molar-refractivity contribution in [3.8, 4) is 0 Å². The van der Waals surface area contributed by atoms with Crippen LogP contribution in [0.25, 0.3) is 11.0 Å². The third kappa shape index (κ3) is 3.54. The summed E-state index contributed by atoms with van der Waals surface area (Å²) in [6, 6.07) is 10.2. The Morgan fingerprint density at radius 3 is 2.54 bits per heavy atom. The highest BCUT2D eigenvalue weighted by Gasteiger charge is 2.27. The van der Waals surface area contributed by atoms with Crippen molar-refractivity contribution in [3.05, 3.63) is 64.7 Å². The van der Waals surface area contributed by atoms with Crippen LogP contribution in [0.5, 0.6) is 0 Å². The molecule has 1 aliphatic rings. The van der Waals surface area contributed by atoms with Crippen LogP contribution in [0, 0.1) is 20.8 Å². The number of rotatable bonds is 4. The summed E-state index contributed by atoms with van der Waals surface area (Å²) in [7, 11) is 0. The third-order valence-corrected chi connectivity index (χ3v) is 5.89. The van der Waals surface area contributed by atoms with Crippen molar-refractivity contribution in [1.82, 2.24) is 14.8 Å². The Morgan fingerprint density at radius 1 is 1.04 bits per heavy atom. The molecule has 3 heterocycles. The van der Waals surface area contributed by atoms with Crippen molar-refractivity contribution in [2.45, 2.75) is 27.2 Å². The molecule has 3 aromatic rings. The molecule has 146 valence electrons. The molecule has 2 aromatic heterocycles. The Bertz CT molecular complexity index is 986. The maximum atomic E-state index is 13.1. The zero-order valence-corrected chi connectivity index (χ0v) is 16.9. The van der Waals surface area contributed by atoms with Crippen molar-refractivity contribution < 1.29 is 9.21 Å². The lowest BCUT2D eigenvalue weighted by atomic mass is 10.0. The van der Waals surface area contributed by atoms with E-state index in [0.29, 0.717) is 5.76 Å². The van der Waals surface area contributed by atoms with Crippen LogP contribution in [0.3, 0.4) is 0 Å². The molecular formula is C23H27N3O2. The Morgan fingerprint density at radius 2 is 1.82 bits per heavy atom. The first-order chi connectivity index (χ1) is 13.5. The minimum absolute atomic E-state index is 0.00938. The van der Waals surface area contributed by atoms with E-state index in [2.05, 4.69) is 41.9 Å². The summed E-state index contributed by atoms with van der Waals surface area (Å²) in [5.41, 5.74) is 5.20. The van der Waals surface area contributed by atoms with Crippen molar-refractivity contribution in [2.24, 2.45) is 0 Å². The number of fused-ring (bicyclic) bond motifs is 1. The van der Waals surface area contributed by atoms with E-state index < -0.39 is 0 Å². The molecule has 0 unspecified atom stereocenters. The quantitative estimate of drug-likeness (QED) is 0.695. The van der Waals surface area contributed by atoms with Crippen molar-refractivity contribution >= 4 is 16.9 Å². The predicted octanol–water partition coefficient (Wildman–Crippen LogP) is 3.75. The van der Waals surface area contributed by atoms with Crippen molar-refractivity contribution in [1.29, 1.82) is 0 Å². The number of hydrogen-bond donors (Lipinski definition) is 0. The van der Waals surface area contributed by atoms with E-state index in [1.54, 1.807) is 0 Å². The van der Waals surface area contributed by atoms with Gasteiger partial charge in [0.05, 0.1) is 0 Å². The number of carbonyl (C=O) groups excluding carboxylic acids is 1. The Labute approximate surface area is 166 Å². The van der Waals surface area contributed by atoms with Crippen LogP contribution in [0.1, 0.15) is 32.9 Å². The van der Waals surface area contributed by atoms with Gasteiger partial charge in [0, 0.05) is 62.0 Å². The maximum Gasteiger partial charge on any atom is 0.289 e. The van der Waals surface area contributed by atoms with Crippen LogP contribution in [0.4, 0.5) is 0 Å². The molecule has 0 spiro atoms. The maximum absolute atomic E-state index is 13.1. The van der Waals surface area contributed by atoms with Gasteiger partial charge in [-0.2, -0.15) is 0 Å². The molecule has 1 saturated heterocycles. The zero-order chi connectivity index (χ0) is 19.7. The highest BCUT2D eigenvalue weighted by atomic mass is 16.3. The minimum atomic E-state index is 0.00938. The molecule has 5 nitrogen and oxygen atoms in total. The van der Waals surface area contributed by atoms with Crippen LogP contribution in [-0.4, -0.2) is 53.4 Å². The number of benzene rings is 1. The van der Waals surface area contributed by atoms with E-state index in [9.17, 15) is 4.79 Å². The van der Waals surface area contributed by atoms with Gasteiger partial charge in [0.2, 0.25) is 0 Å². The monoisotopic (exact) mass is 377 g/mol. The molecule has 0 atom stereocenters. The van der Waals surface area contributed by atoms with Crippen LogP contribution in [0.2, 0.25) is 0 Å². The Balaban J connectivity index is 1.41. The van der Waals surface area contributed by atoms with E-state index in [1.165, 1.54) is 5.56 Å². The molecule has 0 bridgehead atoms. The van der Waals surface area contributed by atoms with Gasteiger partial charge in [-0.05, 0) is 44.0 Å². The topological polar surface area (TPSA) is 49.6 Å². The zero-order valence-electron chi connectivity index (χ0n) is 16.9. The molecule has 0 aliphatic carbocycles. The van der Waals surface area contributed by atoms with E-state index >= 15 is 0 Å². The number of piperazine rings is 1.